The van der Waals surface area contributed by atoms with Crippen LogP contribution in [0.4, 0.5) is 10.1 Å². The molecule has 2 aromatic carbocycles. The Hall–Kier alpha value is -2.18. The Morgan fingerprint density at radius 2 is 2.04 bits per heavy atom. The minimum atomic E-state index is -0.956. The van der Waals surface area contributed by atoms with Crippen LogP contribution >= 0.6 is 15.9 Å². The van der Waals surface area contributed by atoms with Gasteiger partial charge >= 0.3 is 0 Å². The molecule has 0 aliphatic carbocycles. The number of hydrogen-bond acceptors (Lipinski definition) is 2. The number of H-pyrrole nitrogens is 1. The number of hydrogen-bond donors (Lipinski definition) is 3. The molecule has 1 aromatic heterocycles. The van der Waals surface area contributed by atoms with Crippen molar-refractivity contribution in [2.45, 2.75) is 12.0 Å². The standard InChI is InChI=1S/C18H13BrFN3O/c19-9-1-3-15-13(7-9)18(17(24)23-15)16-11(5-6-21-18)12-8-10(20)2-4-14(12)22-16/h1-4,7-8,21-22H,5-6H2,(H,23,24). The topological polar surface area (TPSA) is 56.9 Å². The van der Waals surface area contributed by atoms with E-state index >= 15 is 0 Å². The monoisotopic (exact) mass is 385 g/mol. The highest BCUT2D eigenvalue weighted by Gasteiger charge is 2.52. The third-order valence-electron chi connectivity index (χ3n) is 4.98. The van der Waals surface area contributed by atoms with Crippen LogP contribution in [-0.2, 0) is 16.8 Å². The van der Waals surface area contributed by atoms with E-state index in [0.717, 1.165) is 44.3 Å². The summed E-state index contributed by atoms with van der Waals surface area (Å²) in [5.74, 6) is -0.375. The van der Waals surface area contributed by atoms with Crippen molar-refractivity contribution in [1.29, 1.82) is 0 Å². The molecule has 6 heteroatoms. The second-order valence-electron chi connectivity index (χ2n) is 6.24. The molecule has 1 atom stereocenters. The Morgan fingerprint density at radius 1 is 1.17 bits per heavy atom. The zero-order valence-corrected chi connectivity index (χ0v) is 14.1. The van der Waals surface area contributed by atoms with Crippen LogP contribution in [0.5, 0.6) is 0 Å². The van der Waals surface area contributed by atoms with E-state index in [1.54, 1.807) is 12.1 Å². The largest absolute Gasteiger partial charge is 0.356 e. The third-order valence-corrected chi connectivity index (χ3v) is 5.48. The van der Waals surface area contributed by atoms with Crippen LogP contribution in [0.1, 0.15) is 16.8 Å². The first-order valence-corrected chi connectivity index (χ1v) is 8.56. The Kier molecular flexibility index (Phi) is 2.76. The lowest BCUT2D eigenvalue weighted by Gasteiger charge is -2.33. The number of halogens is 2. The van der Waals surface area contributed by atoms with Gasteiger partial charge in [-0.3, -0.25) is 10.1 Å². The summed E-state index contributed by atoms with van der Waals surface area (Å²) in [5, 5.41) is 7.22. The van der Waals surface area contributed by atoms with Crippen LogP contribution in [-0.4, -0.2) is 17.4 Å². The molecule has 3 N–H and O–H groups in total. The SMILES string of the molecule is O=C1Nc2ccc(Br)cc2C12NCCc1c2[nH]c2ccc(F)cc12. The summed E-state index contributed by atoms with van der Waals surface area (Å²) in [7, 11) is 0. The summed E-state index contributed by atoms with van der Waals surface area (Å²) in [6.07, 6.45) is 0.747. The molecule has 3 heterocycles. The van der Waals surface area contributed by atoms with Crippen molar-refractivity contribution in [3.63, 3.8) is 0 Å². The lowest BCUT2D eigenvalue weighted by Crippen LogP contribution is -2.53. The summed E-state index contributed by atoms with van der Waals surface area (Å²) in [5.41, 5.74) is 3.39. The number of carbonyl (C=O) groups is 1. The number of rotatable bonds is 0. The first-order valence-electron chi connectivity index (χ1n) is 7.77. The first kappa shape index (κ1) is 14.2. The molecule has 0 saturated carbocycles. The minimum absolute atomic E-state index is 0.108. The number of fused-ring (bicyclic) bond motifs is 6. The van der Waals surface area contributed by atoms with Gasteiger partial charge in [0.1, 0.15) is 5.82 Å². The van der Waals surface area contributed by atoms with Crippen LogP contribution in [0.3, 0.4) is 0 Å². The highest BCUT2D eigenvalue weighted by atomic mass is 79.9. The van der Waals surface area contributed by atoms with E-state index < -0.39 is 5.54 Å². The zero-order chi connectivity index (χ0) is 16.5. The van der Waals surface area contributed by atoms with Gasteiger partial charge in [0, 0.05) is 33.2 Å². The van der Waals surface area contributed by atoms with Gasteiger partial charge in [-0.1, -0.05) is 15.9 Å². The molecular weight excluding hydrogens is 373 g/mol. The van der Waals surface area contributed by atoms with Gasteiger partial charge in [0.25, 0.3) is 5.91 Å². The Morgan fingerprint density at radius 3 is 2.92 bits per heavy atom. The zero-order valence-electron chi connectivity index (χ0n) is 12.5. The first-order chi connectivity index (χ1) is 11.6. The van der Waals surface area contributed by atoms with E-state index in [1.165, 1.54) is 6.07 Å². The van der Waals surface area contributed by atoms with Crippen molar-refractivity contribution in [1.82, 2.24) is 10.3 Å². The molecule has 2 aliphatic heterocycles. The predicted molar refractivity (Wildman–Crippen MR) is 93.5 cm³/mol. The summed E-state index contributed by atoms with van der Waals surface area (Å²) in [4.78, 5) is 16.3. The number of nitrogens with one attached hydrogen (secondary N) is 3. The molecule has 120 valence electrons. The van der Waals surface area contributed by atoms with Gasteiger partial charge in [0.15, 0.2) is 5.54 Å². The second-order valence-corrected chi connectivity index (χ2v) is 7.15. The number of amides is 1. The fraction of sp³-hybridized carbons (Fsp3) is 0.167. The number of benzene rings is 2. The van der Waals surface area contributed by atoms with Crippen molar-refractivity contribution in [2.75, 3.05) is 11.9 Å². The van der Waals surface area contributed by atoms with E-state index in [9.17, 15) is 9.18 Å². The lowest BCUT2D eigenvalue weighted by molar-refractivity contribution is -0.120. The molecule has 5 rings (SSSR count). The molecule has 2 aliphatic rings. The van der Waals surface area contributed by atoms with E-state index in [1.807, 2.05) is 18.2 Å². The van der Waals surface area contributed by atoms with Crippen LogP contribution in [0.15, 0.2) is 40.9 Å². The lowest BCUT2D eigenvalue weighted by atomic mass is 9.82. The van der Waals surface area contributed by atoms with Crippen molar-refractivity contribution >= 4 is 38.4 Å². The third kappa shape index (κ3) is 1.67. The summed E-state index contributed by atoms with van der Waals surface area (Å²) < 4.78 is 14.6. The Labute approximate surface area is 145 Å². The summed E-state index contributed by atoms with van der Waals surface area (Å²) in [6.45, 7) is 0.649. The fourth-order valence-corrected chi connectivity index (χ4v) is 4.32. The fourth-order valence-electron chi connectivity index (χ4n) is 3.96. The summed E-state index contributed by atoms with van der Waals surface area (Å²) >= 11 is 3.49. The van der Waals surface area contributed by atoms with Crippen molar-refractivity contribution in [3.05, 3.63) is 63.5 Å². The molecule has 0 radical (unpaired) electrons. The molecule has 1 unspecified atom stereocenters. The van der Waals surface area contributed by atoms with Crippen molar-refractivity contribution < 1.29 is 9.18 Å². The van der Waals surface area contributed by atoms with E-state index in [4.69, 9.17) is 0 Å². The molecule has 4 nitrogen and oxygen atoms in total. The number of aromatic nitrogens is 1. The van der Waals surface area contributed by atoms with Crippen LogP contribution in [0.2, 0.25) is 0 Å². The van der Waals surface area contributed by atoms with Crippen LogP contribution in [0, 0.1) is 5.82 Å². The van der Waals surface area contributed by atoms with Gasteiger partial charge in [-0.05, 0) is 48.4 Å². The maximum Gasteiger partial charge on any atom is 0.255 e. The van der Waals surface area contributed by atoms with Crippen molar-refractivity contribution in [2.24, 2.45) is 0 Å². The molecule has 1 amide bonds. The number of anilines is 1. The summed E-state index contributed by atoms with van der Waals surface area (Å²) in [6, 6.07) is 10.5. The van der Waals surface area contributed by atoms with E-state index in [2.05, 4.69) is 31.5 Å². The molecule has 1 spiro atoms. The van der Waals surface area contributed by atoms with Crippen LogP contribution in [0.25, 0.3) is 10.9 Å². The molecule has 24 heavy (non-hydrogen) atoms. The Balaban J connectivity index is 1.86. The molecule has 0 fully saturated rings. The number of carbonyl (C=O) groups excluding carboxylic acids is 1. The molecule has 0 bridgehead atoms. The average Bonchev–Trinajstić information content (AvgIpc) is 3.06. The van der Waals surface area contributed by atoms with E-state index in [-0.39, 0.29) is 11.7 Å². The minimum Gasteiger partial charge on any atom is -0.356 e. The van der Waals surface area contributed by atoms with Gasteiger partial charge in [-0.15, -0.1) is 0 Å². The molecule has 3 aromatic rings. The molecular formula is C18H13BrFN3O. The second kappa shape index (κ2) is 4.68. The predicted octanol–water partition coefficient (Wildman–Crippen LogP) is 3.41. The van der Waals surface area contributed by atoms with Gasteiger partial charge in [-0.25, -0.2) is 4.39 Å². The van der Waals surface area contributed by atoms with E-state index in [0.29, 0.717) is 6.54 Å². The van der Waals surface area contributed by atoms with Crippen LogP contribution < -0.4 is 10.6 Å². The number of aromatic amines is 1. The highest BCUT2D eigenvalue weighted by molar-refractivity contribution is 9.10. The average molecular weight is 386 g/mol. The van der Waals surface area contributed by atoms with Crippen molar-refractivity contribution in [3.8, 4) is 0 Å². The van der Waals surface area contributed by atoms with Gasteiger partial charge in [0.05, 0.1) is 5.69 Å². The quantitative estimate of drug-likeness (QED) is 0.555. The Bertz CT molecular complexity index is 1030. The maximum absolute atomic E-state index is 13.7. The van der Waals surface area contributed by atoms with Gasteiger partial charge in [0.2, 0.25) is 0 Å². The normalized spacial score (nSPS) is 21.8. The molecule has 0 saturated heterocycles. The maximum atomic E-state index is 13.7. The smallest absolute Gasteiger partial charge is 0.255 e. The highest BCUT2D eigenvalue weighted by Crippen LogP contribution is 2.46. The van der Waals surface area contributed by atoms with Gasteiger partial charge in [-0.2, -0.15) is 0 Å². The van der Waals surface area contributed by atoms with Gasteiger partial charge < -0.3 is 10.3 Å².